The van der Waals surface area contributed by atoms with Crippen molar-refractivity contribution >= 4 is 78.5 Å². The lowest BCUT2D eigenvalue weighted by molar-refractivity contribution is -0.131. The van der Waals surface area contributed by atoms with Gasteiger partial charge in [0.05, 0.1) is 51.1 Å². The van der Waals surface area contributed by atoms with E-state index in [1.165, 1.54) is 24.1 Å². The Labute approximate surface area is 285 Å². The molecule has 3 fully saturated rings. The van der Waals surface area contributed by atoms with E-state index < -0.39 is 52.6 Å². The summed E-state index contributed by atoms with van der Waals surface area (Å²) in [6.45, 7) is 1.73. The molecule has 8 nitrogen and oxygen atoms in total. The predicted molar refractivity (Wildman–Crippen MR) is 175 cm³/mol. The summed E-state index contributed by atoms with van der Waals surface area (Å²) in [5, 5.41) is 10.5. The number of carbonyl (C=O) groups excluding carboxylic acids is 4. The number of para-hydroxylation sites is 1. The smallest absolute Gasteiger partial charge is 0.241 e. The van der Waals surface area contributed by atoms with Crippen molar-refractivity contribution in [2.45, 2.75) is 25.7 Å². The highest BCUT2D eigenvalue weighted by Gasteiger charge is 2.68. The Kier molecular flexibility index (Phi) is 7.45. The van der Waals surface area contributed by atoms with Gasteiger partial charge in [-0.25, -0.2) is 9.29 Å². The number of fused-ring (bicyclic) bond motifs is 4. The third-order valence-electron chi connectivity index (χ3n) is 10.2. The number of imide groups is 2. The quantitative estimate of drug-likeness (QED) is 0.223. The molecule has 12 heteroatoms. The molecular weight excluding hydrogens is 747 g/mol. The lowest BCUT2D eigenvalue weighted by Gasteiger charge is -2.49. The van der Waals surface area contributed by atoms with Crippen LogP contribution in [0.4, 0.5) is 15.8 Å². The van der Waals surface area contributed by atoms with E-state index in [-0.39, 0.29) is 46.9 Å². The zero-order chi connectivity index (χ0) is 32.8. The summed E-state index contributed by atoms with van der Waals surface area (Å²) in [5.74, 6) is -5.97. The molecule has 2 aliphatic heterocycles. The number of aromatic hydroxyl groups is 1. The van der Waals surface area contributed by atoms with Gasteiger partial charge in [0.2, 0.25) is 23.6 Å². The van der Waals surface area contributed by atoms with Crippen LogP contribution in [0.25, 0.3) is 0 Å². The van der Waals surface area contributed by atoms with E-state index in [2.05, 4.69) is 31.9 Å². The lowest BCUT2D eigenvalue weighted by Crippen LogP contribution is -2.49. The second kappa shape index (κ2) is 11.0. The number of anilines is 2. The van der Waals surface area contributed by atoms with Crippen LogP contribution >= 0.6 is 43.5 Å². The van der Waals surface area contributed by atoms with Gasteiger partial charge in [0.1, 0.15) is 5.82 Å². The van der Waals surface area contributed by atoms with Crippen molar-refractivity contribution in [3.05, 3.63) is 91.6 Å². The number of phenolic OH excluding ortho intramolecular Hbond substituents is 1. The molecule has 46 heavy (non-hydrogen) atoms. The molecule has 6 atom stereocenters. The van der Waals surface area contributed by atoms with E-state index in [1.54, 1.807) is 43.3 Å². The predicted octanol–water partition coefficient (Wildman–Crippen LogP) is 7.15. The molecule has 3 aromatic carbocycles. The fraction of sp³-hybridized carbons (Fsp3) is 0.294. The van der Waals surface area contributed by atoms with Crippen LogP contribution in [0.5, 0.6) is 11.5 Å². The molecule has 2 saturated heterocycles. The number of methoxy groups -OCH3 is 1. The minimum atomic E-state index is -1.37. The maximum absolute atomic E-state index is 14.6. The normalized spacial score (nSPS) is 28.7. The fourth-order valence-electron chi connectivity index (χ4n) is 8.04. The van der Waals surface area contributed by atoms with Gasteiger partial charge >= 0.3 is 0 Å². The highest BCUT2D eigenvalue weighted by atomic mass is 79.9. The molecule has 1 saturated carbocycles. The molecule has 7 rings (SSSR count). The average molecular weight is 773 g/mol. The summed E-state index contributed by atoms with van der Waals surface area (Å²) in [6.07, 6.45) is 2.35. The number of halogens is 4. The van der Waals surface area contributed by atoms with Gasteiger partial charge in [-0.15, -0.1) is 0 Å². The van der Waals surface area contributed by atoms with Gasteiger partial charge in [-0.1, -0.05) is 41.4 Å². The topological polar surface area (TPSA) is 104 Å². The minimum Gasteiger partial charge on any atom is -0.503 e. The highest BCUT2D eigenvalue weighted by Crippen LogP contribution is 2.65. The maximum Gasteiger partial charge on any atom is 0.241 e. The number of hydrogen-bond acceptors (Lipinski definition) is 6. The van der Waals surface area contributed by atoms with E-state index in [4.69, 9.17) is 16.3 Å². The Balaban J connectivity index is 1.42. The van der Waals surface area contributed by atoms with Crippen LogP contribution < -0.4 is 14.5 Å². The van der Waals surface area contributed by atoms with Gasteiger partial charge in [0.15, 0.2) is 11.5 Å². The summed E-state index contributed by atoms with van der Waals surface area (Å²) in [4.78, 5) is 59.2. The SMILES string of the molecule is COc1cc([C@H]2C3=CC[C@@H]4C(=O)N(c5ccccc5)C(=O)[C@@H]4[C@@H]3C[C@H]3C(=O)N(c4ccc(F)c(Cl)c4)C(=O)[C@@]23C)c(Br)c(Br)c1O. The highest BCUT2D eigenvalue weighted by molar-refractivity contribution is 9.13. The molecule has 1 N–H and O–H groups in total. The summed E-state index contributed by atoms with van der Waals surface area (Å²) in [5.41, 5.74) is 0.558. The summed E-state index contributed by atoms with van der Waals surface area (Å²) >= 11 is 13.1. The van der Waals surface area contributed by atoms with Crippen molar-refractivity contribution in [2.24, 2.45) is 29.1 Å². The third kappa shape index (κ3) is 4.20. The Hall–Kier alpha value is -3.54. The van der Waals surface area contributed by atoms with Gasteiger partial charge in [-0.3, -0.25) is 24.1 Å². The molecular formula is C34H26Br2ClFN2O6. The molecule has 0 bridgehead atoms. The van der Waals surface area contributed by atoms with Gasteiger partial charge in [-0.2, -0.15) is 0 Å². The first-order valence-corrected chi connectivity index (χ1v) is 16.6. The van der Waals surface area contributed by atoms with E-state index in [0.717, 1.165) is 16.5 Å². The number of nitrogens with zero attached hydrogens (tertiary/aromatic N) is 2. The molecule has 3 aromatic rings. The Morgan fingerprint density at radius 2 is 1.65 bits per heavy atom. The third-order valence-corrected chi connectivity index (χ3v) is 12.6. The lowest BCUT2D eigenvalue weighted by atomic mass is 9.51. The first-order chi connectivity index (χ1) is 21.9. The van der Waals surface area contributed by atoms with Crippen LogP contribution in [0, 0.1) is 34.9 Å². The second-order valence-electron chi connectivity index (χ2n) is 12.3. The molecule has 2 heterocycles. The van der Waals surface area contributed by atoms with Crippen LogP contribution in [0.3, 0.4) is 0 Å². The summed E-state index contributed by atoms with van der Waals surface area (Å²) in [6, 6.07) is 14.1. The molecule has 4 aliphatic rings. The molecule has 236 valence electrons. The fourth-order valence-corrected chi connectivity index (χ4v) is 9.17. The van der Waals surface area contributed by atoms with Crippen LogP contribution in [0.2, 0.25) is 5.02 Å². The Morgan fingerprint density at radius 3 is 2.33 bits per heavy atom. The molecule has 0 unspecified atom stereocenters. The Bertz CT molecular complexity index is 1900. The van der Waals surface area contributed by atoms with Gasteiger partial charge in [0.25, 0.3) is 0 Å². The second-order valence-corrected chi connectivity index (χ2v) is 14.2. The van der Waals surface area contributed by atoms with Crippen molar-refractivity contribution in [2.75, 3.05) is 16.9 Å². The van der Waals surface area contributed by atoms with Gasteiger partial charge in [-0.05, 0) is 99.5 Å². The van der Waals surface area contributed by atoms with Crippen LogP contribution in [0.15, 0.2) is 75.2 Å². The number of phenols is 1. The number of carbonyl (C=O) groups is 4. The molecule has 0 aromatic heterocycles. The first-order valence-electron chi connectivity index (χ1n) is 14.6. The van der Waals surface area contributed by atoms with Gasteiger partial charge in [0, 0.05) is 10.4 Å². The summed E-state index contributed by atoms with van der Waals surface area (Å²) < 4.78 is 20.4. The Morgan fingerprint density at radius 1 is 0.935 bits per heavy atom. The van der Waals surface area contributed by atoms with Crippen molar-refractivity contribution in [1.82, 2.24) is 0 Å². The van der Waals surface area contributed by atoms with Crippen molar-refractivity contribution < 1.29 is 33.4 Å². The monoisotopic (exact) mass is 770 g/mol. The van der Waals surface area contributed by atoms with Crippen molar-refractivity contribution in [3.8, 4) is 11.5 Å². The van der Waals surface area contributed by atoms with Crippen molar-refractivity contribution in [1.29, 1.82) is 0 Å². The number of benzene rings is 3. The number of rotatable bonds is 4. The van der Waals surface area contributed by atoms with E-state index in [0.29, 0.717) is 20.2 Å². The standard InChI is InChI=1S/C34H26Br2ClFN2O6/c1-34-21(31(43)40(33(34)45)16-8-11-23(38)22(37)12-16)13-19-17(26(34)20-14-24(46-2)29(41)28(36)27(20)35)9-10-18-25(19)32(44)39(30(18)42)15-6-4-3-5-7-15/h3-9,11-12,14,18-19,21,25-26,41H,10,13H2,1-2H3/t18-,19+,21-,25-,26+,34+/m0/s1. The molecule has 0 spiro atoms. The number of ether oxygens (including phenoxy) is 1. The minimum absolute atomic E-state index is 0.136. The molecule has 4 amide bonds. The van der Waals surface area contributed by atoms with E-state index in [1.807, 2.05) is 6.08 Å². The number of amides is 4. The number of allylic oxidation sites excluding steroid dienone is 2. The zero-order valence-electron chi connectivity index (χ0n) is 24.5. The van der Waals surface area contributed by atoms with Crippen LogP contribution in [0.1, 0.15) is 31.2 Å². The largest absolute Gasteiger partial charge is 0.503 e. The first kappa shape index (κ1) is 31.1. The van der Waals surface area contributed by atoms with E-state index >= 15 is 0 Å². The number of hydrogen-bond donors (Lipinski definition) is 1. The average Bonchev–Trinajstić information content (AvgIpc) is 3.41. The summed E-state index contributed by atoms with van der Waals surface area (Å²) in [7, 11) is 1.41. The zero-order valence-corrected chi connectivity index (χ0v) is 28.4. The maximum atomic E-state index is 14.6. The van der Waals surface area contributed by atoms with Gasteiger partial charge < -0.3 is 9.84 Å². The van der Waals surface area contributed by atoms with Crippen LogP contribution in [-0.2, 0) is 19.2 Å². The van der Waals surface area contributed by atoms with Crippen molar-refractivity contribution in [3.63, 3.8) is 0 Å². The molecule has 2 aliphatic carbocycles. The van der Waals surface area contributed by atoms with E-state index in [9.17, 15) is 28.7 Å². The molecule has 0 radical (unpaired) electrons. The van der Waals surface area contributed by atoms with Crippen LogP contribution in [-0.4, -0.2) is 35.8 Å².